The molecule has 4 N–H and O–H groups in total. The van der Waals surface area contributed by atoms with Gasteiger partial charge in [-0.2, -0.15) is 0 Å². The molecule has 1 aromatic rings. The van der Waals surface area contributed by atoms with Crippen LogP contribution < -0.4 is 16.4 Å². The summed E-state index contributed by atoms with van der Waals surface area (Å²) in [5, 5.41) is 5.35. The van der Waals surface area contributed by atoms with Gasteiger partial charge in [-0.05, 0) is 56.1 Å². The van der Waals surface area contributed by atoms with Crippen LogP contribution >= 0.6 is 11.8 Å². The smallest absolute Gasteiger partial charge is 0.243 e. The van der Waals surface area contributed by atoms with Crippen molar-refractivity contribution in [3.8, 4) is 0 Å². The summed E-state index contributed by atoms with van der Waals surface area (Å²) >= 11 is 1.83. The van der Waals surface area contributed by atoms with Crippen molar-refractivity contribution in [3.05, 3.63) is 24.3 Å². The van der Waals surface area contributed by atoms with Crippen molar-refractivity contribution in [1.29, 1.82) is 0 Å². The first kappa shape index (κ1) is 20.7. The molecule has 0 saturated carbocycles. The highest BCUT2D eigenvalue weighted by molar-refractivity contribution is 7.99. The number of amides is 2. The maximum atomic E-state index is 11.9. The molecule has 1 atom stereocenters. The van der Waals surface area contributed by atoms with Crippen LogP contribution in [0.4, 0.5) is 5.69 Å². The molecule has 0 unspecified atom stereocenters. The molecule has 2 amide bonds. The van der Waals surface area contributed by atoms with Crippen LogP contribution in [0.1, 0.15) is 26.7 Å². The van der Waals surface area contributed by atoms with E-state index in [1.807, 2.05) is 49.9 Å². The fraction of sp³-hybridized carbons (Fsp3) is 0.579. The lowest BCUT2D eigenvalue weighted by Gasteiger charge is -2.15. The lowest BCUT2D eigenvalue weighted by Crippen LogP contribution is -2.46. The third-order valence-corrected chi connectivity index (χ3v) is 5.45. The highest BCUT2D eigenvalue weighted by Gasteiger charge is 2.17. The van der Waals surface area contributed by atoms with Gasteiger partial charge >= 0.3 is 0 Å². The molecule has 2 rings (SSSR count). The number of rotatable bonds is 9. The Hall–Kier alpha value is -1.57. The topological polar surface area (TPSA) is 87.5 Å². The van der Waals surface area contributed by atoms with Crippen molar-refractivity contribution in [2.45, 2.75) is 37.6 Å². The Morgan fingerprint density at radius 2 is 1.85 bits per heavy atom. The highest BCUT2D eigenvalue weighted by Crippen LogP contribution is 2.21. The third kappa shape index (κ3) is 6.97. The van der Waals surface area contributed by atoms with Gasteiger partial charge < -0.3 is 21.3 Å². The summed E-state index contributed by atoms with van der Waals surface area (Å²) < 4.78 is 0. The van der Waals surface area contributed by atoms with Gasteiger partial charge in [-0.3, -0.25) is 9.59 Å². The third-order valence-electron chi connectivity index (χ3n) is 4.46. The van der Waals surface area contributed by atoms with Crippen molar-refractivity contribution in [2.24, 2.45) is 11.7 Å². The van der Waals surface area contributed by atoms with Crippen LogP contribution in [-0.2, 0) is 9.59 Å². The van der Waals surface area contributed by atoms with Crippen LogP contribution in [0.5, 0.6) is 0 Å². The summed E-state index contributed by atoms with van der Waals surface area (Å²) in [7, 11) is 0. The van der Waals surface area contributed by atoms with E-state index in [0.29, 0.717) is 0 Å². The zero-order valence-corrected chi connectivity index (χ0v) is 16.5. The van der Waals surface area contributed by atoms with Crippen LogP contribution in [0.3, 0.4) is 0 Å². The van der Waals surface area contributed by atoms with Crippen molar-refractivity contribution in [1.82, 2.24) is 10.2 Å². The van der Waals surface area contributed by atoms with Gasteiger partial charge in [0.1, 0.15) is 0 Å². The second kappa shape index (κ2) is 10.5. The fourth-order valence-corrected chi connectivity index (χ4v) is 3.64. The van der Waals surface area contributed by atoms with E-state index in [1.165, 1.54) is 30.8 Å². The molecule has 1 saturated heterocycles. The second-order valence-corrected chi connectivity index (χ2v) is 8.13. The first-order valence-corrected chi connectivity index (χ1v) is 10.2. The number of carbonyl (C=O) groups is 2. The number of benzene rings is 1. The predicted molar refractivity (Wildman–Crippen MR) is 107 cm³/mol. The summed E-state index contributed by atoms with van der Waals surface area (Å²) in [5.41, 5.74) is 6.47. The summed E-state index contributed by atoms with van der Waals surface area (Å²) in [5.74, 6) is 0.547. The molecule has 26 heavy (non-hydrogen) atoms. The number of carbonyl (C=O) groups excluding carboxylic acids is 2. The van der Waals surface area contributed by atoms with Gasteiger partial charge in [-0.15, -0.1) is 11.8 Å². The molecule has 1 aliphatic heterocycles. The average Bonchev–Trinajstić information content (AvgIpc) is 3.14. The summed E-state index contributed by atoms with van der Waals surface area (Å²) in [6.07, 6.45) is 2.64. The molecular weight excluding hydrogens is 348 g/mol. The van der Waals surface area contributed by atoms with Crippen LogP contribution in [0, 0.1) is 5.92 Å². The molecule has 144 valence electrons. The molecule has 7 heteroatoms. The van der Waals surface area contributed by atoms with Gasteiger partial charge in [0.25, 0.3) is 0 Å². The molecule has 0 aromatic heterocycles. The van der Waals surface area contributed by atoms with Crippen LogP contribution in [0.25, 0.3) is 0 Å². The second-order valence-electron chi connectivity index (χ2n) is 6.96. The molecule has 1 aromatic carbocycles. The van der Waals surface area contributed by atoms with Crippen LogP contribution in [-0.4, -0.2) is 54.7 Å². The molecule has 0 aliphatic carbocycles. The number of hydrogen-bond acceptors (Lipinski definition) is 5. The number of hydrogen-bond donors (Lipinski definition) is 3. The Kier molecular flexibility index (Phi) is 8.41. The Bertz CT molecular complexity index is 586. The first-order chi connectivity index (χ1) is 12.5. The van der Waals surface area contributed by atoms with E-state index in [1.54, 1.807) is 0 Å². The number of nitrogens with zero attached hydrogens (tertiary/aromatic N) is 1. The van der Waals surface area contributed by atoms with Crippen molar-refractivity contribution in [2.75, 3.05) is 37.2 Å². The van der Waals surface area contributed by atoms with Gasteiger partial charge in [0, 0.05) is 22.9 Å². The van der Waals surface area contributed by atoms with Gasteiger partial charge in [0.15, 0.2) is 0 Å². The van der Waals surface area contributed by atoms with E-state index >= 15 is 0 Å². The predicted octanol–water partition coefficient (Wildman–Crippen LogP) is 1.91. The van der Waals surface area contributed by atoms with Crippen LogP contribution in [0.2, 0.25) is 0 Å². The Balaban J connectivity index is 1.68. The molecule has 6 nitrogen and oxygen atoms in total. The molecule has 1 heterocycles. The van der Waals surface area contributed by atoms with E-state index in [4.69, 9.17) is 5.73 Å². The maximum Gasteiger partial charge on any atom is 0.243 e. The average molecular weight is 379 g/mol. The van der Waals surface area contributed by atoms with Crippen LogP contribution in [0.15, 0.2) is 29.2 Å². The number of anilines is 1. The van der Waals surface area contributed by atoms with Crippen molar-refractivity contribution < 1.29 is 9.59 Å². The van der Waals surface area contributed by atoms with E-state index in [-0.39, 0.29) is 24.3 Å². The Morgan fingerprint density at radius 1 is 1.19 bits per heavy atom. The highest BCUT2D eigenvalue weighted by atomic mass is 32.2. The van der Waals surface area contributed by atoms with Gasteiger partial charge in [0.05, 0.1) is 12.6 Å². The number of thioether (sulfide) groups is 1. The Labute approximate surface area is 160 Å². The SMILES string of the molecule is CC(C)[C@H](N)C(=O)NCC(=O)Nc1ccc(SCCN2CCCC2)cc1. The summed E-state index contributed by atoms with van der Waals surface area (Å²) in [4.78, 5) is 27.4. The fourth-order valence-electron chi connectivity index (χ4n) is 2.73. The van der Waals surface area contributed by atoms with E-state index in [2.05, 4.69) is 15.5 Å². The van der Waals surface area contributed by atoms with Crippen molar-refractivity contribution in [3.63, 3.8) is 0 Å². The zero-order valence-electron chi connectivity index (χ0n) is 15.7. The van der Waals surface area contributed by atoms with Gasteiger partial charge in [-0.1, -0.05) is 13.8 Å². The molecule has 1 aliphatic rings. The minimum absolute atomic E-state index is 0.0357. The van der Waals surface area contributed by atoms with E-state index in [9.17, 15) is 9.59 Å². The molecule has 0 spiro atoms. The largest absolute Gasteiger partial charge is 0.346 e. The standard InChI is InChI=1S/C19H30N4O2S/c1-14(2)18(20)19(25)21-13-17(24)22-15-5-7-16(8-6-15)26-12-11-23-9-3-4-10-23/h5-8,14,18H,3-4,9-13,20H2,1-2H3,(H,21,25)(H,22,24)/t18-/m0/s1. The molecule has 1 fully saturated rings. The lowest BCUT2D eigenvalue weighted by atomic mass is 10.1. The lowest BCUT2D eigenvalue weighted by molar-refractivity contribution is -0.125. The quantitative estimate of drug-likeness (QED) is 0.572. The minimum atomic E-state index is -0.598. The van der Waals surface area contributed by atoms with E-state index < -0.39 is 6.04 Å². The Morgan fingerprint density at radius 3 is 2.46 bits per heavy atom. The zero-order chi connectivity index (χ0) is 18.9. The summed E-state index contributed by atoms with van der Waals surface area (Å²) in [6.45, 7) is 7.24. The monoisotopic (exact) mass is 378 g/mol. The number of nitrogens with two attached hydrogens (primary N) is 1. The van der Waals surface area contributed by atoms with Crippen molar-refractivity contribution >= 4 is 29.3 Å². The first-order valence-electron chi connectivity index (χ1n) is 9.24. The molecule has 0 radical (unpaired) electrons. The van der Waals surface area contributed by atoms with E-state index in [0.717, 1.165) is 18.0 Å². The molecular formula is C19H30N4O2S. The number of nitrogens with one attached hydrogen (secondary N) is 2. The number of likely N-dealkylation sites (tertiary alicyclic amines) is 1. The molecule has 0 bridgehead atoms. The summed E-state index contributed by atoms with van der Waals surface area (Å²) in [6, 6.07) is 7.20. The normalized spacial score (nSPS) is 15.8. The van der Waals surface area contributed by atoms with Gasteiger partial charge in [0.2, 0.25) is 11.8 Å². The maximum absolute atomic E-state index is 11.9. The van der Waals surface area contributed by atoms with Gasteiger partial charge in [-0.25, -0.2) is 0 Å². The minimum Gasteiger partial charge on any atom is -0.346 e.